The number of carbonyl (C=O) groups excluding carboxylic acids is 2. The lowest BCUT2D eigenvalue weighted by molar-refractivity contribution is -0.131. The Morgan fingerprint density at radius 2 is 2.00 bits per heavy atom. The Labute approximate surface area is 170 Å². The minimum absolute atomic E-state index is 0.0290. The number of amides is 2. The summed E-state index contributed by atoms with van der Waals surface area (Å²) in [6.07, 6.45) is 4.29. The highest BCUT2D eigenvalue weighted by Crippen LogP contribution is 2.41. The Hall–Kier alpha value is -2.27. The largest absolute Gasteiger partial charge is 0.347 e. The zero-order chi connectivity index (χ0) is 19.7. The van der Waals surface area contributed by atoms with Crippen molar-refractivity contribution in [3.63, 3.8) is 0 Å². The molecule has 3 atom stereocenters. The van der Waals surface area contributed by atoms with E-state index in [1.807, 2.05) is 41.5 Å². The molecule has 2 heterocycles. The lowest BCUT2D eigenvalue weighted by Gasteiger charge is -2.37. The summed E-state index contributed by atoms with van der Waals surface area (Å²) in [5.74, 6) is 0.562. The molecule has 0 radical (unpaired) electrons. The average Bonchev–Trinajstić information content (AvgIpc) is 3.30. The third kappa shape index (κ3) is 3.68. The molecule has 1 N–H and O–H groups in total. The quantitative estimate of drug-likeness (QED) is 0.761. The van der Waals surface area contributed by atoms with Crippen LogP contribution in [0.1, 0.15) is 34.3 Å². The Kier molecular flexibility index (Phi) is 5.44. The number of nitrogens with one attached hydrogen (secondary N) is 1. The van der Waals surface area contributed by atoms with Gasteiger partial charge in [-0.25, -0.2) is 0 Å². The minimum atomic E-state index is -0.0290. The molecule has 28 heavy (non-hydrogen) atoms. The molecule has 0 spiro atoms. The smallest absolute Gasteiger partial charge is 0.252 e. The monoisotopic (exact) mass is 394 g/mol. The van der Waals surface area contributed by atoms with Crippen molar-refractivity contribution in [3.05, 3.63) is 65.2 Å². The van der Waals surface area contributed by atoms with Crippen LogP contribution in [-0.2, 0) is 11.2 Å². The molecular weight excluding hydrogens is 368 g/mol. The van der Waals surface area contributed by atoms with E-state index in [-0.39, 0.29) is 23.9 Å². The van der Waals surface area contributed by atoms with Gasteiger partial charge in [-0.2, -0.15) is 0 Å². The van der Waals surface area contributed by atoms with Gasteiger partial charge in [0.15, 0.2) is 0 Å². The number of thioether (sulfide) groups is 1. The van der Waals surface area contributed by atoms with Gasteiger partial charge in [-0.1, -0.05) is 42.0 Å². The normalized spacial score (nSPS) is 22.6. The fourth-order valence-electron chi connectivity index (χ4n) is 4.44. The highest BCUT2D eigenvalue weighted by molar-refractivity contribution is 7.98. The van der Waals surface area contributed by atoms with Crippen molar-refractivity contribution < 1.29 is 9.59 Å². The van der Waals surface area contributed by atoms with Crippen molar-refractivity contribution in [3.8, 4) is 0 Å². The SMILES string of the molecule is CSc1ccccc1C(=O)N[C@H]1[C@@H]2C[C@H]1N(C(=O)CCc1cccc(C)c1)C2. The maximum Gasteiger partial charge on any atom is 0.252 e. The second-order valence-corrected chi connectivity index (χ2v) is 8.65. The summed E-state index contributed by atoms with van der Waals surface area (Å²) in [6, 6.07) is 16.3. The summed E-state index contributed by atoms with van der Waals surface area (Å²) in [7, 11) is 0. The van der Waals surface area contributed by atoms with Crippen LogP contribution >= 0.6 is 11.8 Å². The van der Waals surface area contributed by atoms with Gasteiger partial charge in [0.2, 0.25) is 5.91 Å². The highest BCUT2D eigenvalue weighted by Gasteiger charge is 2.54. The highest BCUT2D eigenvalue weighted by atomic mass is 32.2. The predicted octanol–water partition coefficient (Wildman–Crippen LogP) is 3.68. The Bertz CT molecular complexity index is 898. The van der Waals surface area contributed by atoms with Crippen molar-refractivity contribution >= 4 is 23.6 Å². The first kappa shape index (κ1) is 19.1. The molecule has 2 aliphatic heterocycles. The Morgan fingerprint density at radius 3 is 2.79 bits per heavy atom. The molecule has 1 saturated carbocycles. The molecule has 2 aromatic rings. The van der Waals surface area contributed by atoms with Gasteiger partial charge in [0.25, 0.3) is 5.91 Å². The first-order valence-corrected chi connectivity index (χ1v) is 11.1. The van der Waals surface area contributed by atoms with Crippen molar-refractivity contribution in [1.29, 1.82) is 0 Å². The lowest BCUT2D eigenvalue weighted by atomic mass is 9.80. The molecule has 5 rings (SSSR count). The molecule has 0 unspecified atom stereocenters. The van der Waals surface area contributed by atoms with Crippen LogP contribution in [0.15, 0.2) is 53.4 Å². The number of benzene rings is 2. The molecule has 4 nitrogen and oxygen atoms in total. The zero-order valence-corrected chi connectivity index (χ0v) is 17.2. The molecule has 2 bridgehead atoms. The van der Waals surface area contributed by atoms with Gasteiger partial charge < -0.3 is 10.2 Å². The van der Waals surface area contributed by atoms with E-state index in [2.05, 4.69) is 30.4 Å². The van der Waals surface area contributed by atoms with E-state index in [1.54, 1.807) is 11.8 Å². The van der Waals surface area contributed by atoms with E-state index in [0.717, 1.165) is 29.8 Å². The number of hydrogen-bond donors (Lipinski definition) is 1. The van der Waals surface area contributed by atoms with Crippen LogP contribution in [0.3, 0.4) is 0 Å². The average molecular weight is 395 g/mol. The standard InChI is InChI=1S/C23H26N2O2S/c1-15-6-5-7-16(12-15)10-11-21(26)25-14-17-13-19(25)22(17)24-23(27)18-8-3-4-9-20(18)28-2/h3-9,12,17,19,22H,10-11,13-14H2,1-2H3,(H,24,27)/t17-,19-,22+/m1/s1. The van der Waals surface area contributed by atoms with Crippen LogP contribution in [0.4, 0.5) is 0 Å². The molecule has 1 aliphatic carbocycles. The Morgan fingerprint density at radius 1 is 1.18 bits per heavy atom. The fourth-order valence-corrected chi connectivity index (χ4v) is 5.04. The van der Waals surface area contributed by atoms with Crippen molar-refractivity contribution in [2.24, 2.45) is 5.92 Å². The molecule has 0 aromatic heterocycles. The van der Waals surface area contributed by atoms with Gasteiger partial charge in [0.05, 0.1) is 17.6 Å². The summed E-state index contributed by atoms with van der Waals surface area (Å²) in [5.41, 5.74) is 3.15. The van der Waals surface area contributed by atoms with Crippen LogP contribution in [0, 0.1) is 12.8 Å². The van der Waals surface area contributed by atoms with Crippen molar-refractivity contribution in [1.82, 2.24) is 10.2 Å². The van der Waals surface area contributed by atoms with Crippen molar-refractivity contribution in [2.75, 3.05) is 12.8 Å². The summed E-state index contributed by atoms with van der Waals surface area (Å²) >= 11 is 1.58. The summed E-state index contributed by atoms with van der Waals surface area (Å²) in [6.45, 7) is 2.84. The molecular formula is C23H26N2O2S. The van der Waals surface area contributed by atoms with E-state index in [9.17, 15) is 9.59 Å². The number of nitrogens with zero attached hydrogens (tertiary/aromatic N) is 1. The van der Waals surface area contributed by atoms with E-state index in [4.69, 9.17) is 0 Å². The second kappa shape index (κ2) is 8.00. The van der Waals surface area contributed by atoms with E-state index < -0.39 is 0 Å². The minimum Gasteiger partial charge on any atom is -0.347 e. The molecule has 2 saturated heterocycles. The summed E-state index contributed by atoms with van der Waals surface area (Å²) < 4.78 is 0. The van der Waals surface area contributed by atoms with Gasteiger partial charge in [-0.15, -0.1) is 11.8 Å². The van der Waals surface area contributed by atoms with Gasteiger partial charge in [0.1, 0.15) is 0 Å². The molecule has 2 aromatic carbocycles. The Balaban J connectivity index is 1.35. The van der Waals surface area contributed by atoms with Gasteiger partial charge in [-0.05, 0) is 43.7 Å². The lowest BCUT2D eigenvalue weighted by Crippen LogP contribution is -2.55. The van der Waals surface area contributed by atoms with E-state index in [1.165, 1.54) is 11.1 Å². The van der Waals surface area contributed by atoms with E-state index in [0.29, 0.717) is 12.3 Å². The first-order valence-electron chi connectivity index (χ1n) is 9.85. The summed E-state index contributed by atoms with van der Waals surface area (Å²) in [4.78, 5) is 28.5. The van der Waals surface area contributed by atoms with Crippen molar-refractivity contribution in [2.45, 2.75) is 43.2 Å². The second-order valence-electron chi connectivity index (χ2n) is 7.80. The number of carbonyl (C=O) groups is 2. The number of hydrogen-bond acceptors (Lipinski definition) is 3. The molecule has 146 valence electrons. The van der Waals surface area contributed by atoms with Crippen LogP contribution in [0.5, 0.6) is 0 Å². The third-order valence-electron chi connectivity index (χ3n) is 5.98. The van der Waals surface area contributed by atoms with Crippen LogP contribution in [-0.4, -0.2) is 41.6 Å². The predicted molar refractivity (Wildman–Crippen MR) is 113 cm³/mol. The molecule has 3 fully saturated rings. The molecule has 3 aliphatic rings. The van der Waals surface area contributed by atoms with E-state index >= 15 is 0 Å². The topological polar surface area (TPSA) is 49.4 Å². The van der Waals surface area contributed by atoms with Crippen LogP contribution in [0.2, 0.25) is 0 Å². The van der Waals surface area contributed by atoms with Gasteiger partial charge in [0, 0.05) is 23.8 Å². The first-order chi connectivity index (χ1) is 13.6. The number of aryl methyl sites for hydroxylation is 2. The zero-order valence-electron chi connectivity index (χ0n) is 16.4. The molecule has 2 amide bonds. The number of rotatable bonds is 6. The van der Waals surface area contributed by atoms with Crippen LogP contribution < -0.4 is 5.32 Å². The fraction of sp³-hybridized carbons (Fsp3) is 0.391. The third-order valence-corrected chi connectivity index (χ3v) is 6.77. The maximum atomic E-state index is 12.8. The maximum absolute atomic E-state index is 12.8. The number of fused-ring (bicyclic) bond motifs is 1. The molecule has 5 heteroatoms. The van der Waals surface area contributed by atoms with Crippen LogP contribution in [0.25, 0.3) is 0 Å². The van der Waals surface area contributed by atoms with Gasteiger partial charge in [-0.3, -0.25) is 9.59 Å². The van der Waals surface area contributed by atoms with Gasteiger partial charge >= 0.3 is 0 Å². The summed E-state index contributed by atoms with van der Waals surface area (Å²) in [5, 5.41) is 3.19.